The molecule has 3 heteroatoms. The molecule has 0 spiro atoms. The Morgan fingerprint density at radius 2 is 1.86 bits per heavy atom. The van der Waals surface area contributed by atoms with Crippen molar-refractivity contribution in [1.29, 1.82) is 5.26 Å². The highest BCUT2D eigenvalue weighted by Gasteiger charge is 2.43. The normalized spacial score (nSPS) is 41.7. The molecule has 3 unspecified atom stereocenters. The highest BCUT2D eigenvalue weighted by molar-refractivity contribution is 4.92. The van der Waals surface area contributed by atoms with E-state index in [1.54, 1.807) is 0 Å². The van der Waals surface area contributed by atoms with Crippen molar-refractivity contribution in [3.05, 3.63) is 0 Å². The number of nitriles is 1. The van der Waals surface area contributed by atoms with Crippen LogP contribution in [0.3, 0.4) is 0 Å². The van der Waals surface area contributed by atoms with Gasteiger partial charge in [-0.3, -0.25) is 0 Å². The molecule has 0 N–H and O–H groups in total. The van der Waals surface area contributed by atoms with Crippen LogP contribution < -0.4 is 24.0 Å². The fraction of sp³-hybridized carbons (Fsp3) is 0.909. The SMILES string of the molecule is C[N+]12CCCCC1C(C#N)CCC2.[I-]. The summed E-state index contributed by atoms with van der Waals surface area (Å²) in [6.07, 6.45) is 6.40. The lowest BCUT2D eigenvalue weighted by Gasteiger charge is -2.49. The Morgan fingerprint density at radius 1 is 1.14 bits per heavy atom. The van der Waals surface area contributed by atoms with Crippen LogP contribution in [0, 0.1) is 17.2 Å². The number of rotatable bonds is 0. The van der Waals surface area contributed by atoms with Gasteiger partial charge in [-0.15, -0.1) is 0 Å². The molecule has 2 heterocycles. The second kappa shape index (κ2) is 4.80. The molecule has 2 aliphatic heterocycles. The molecule has 2 saturated heterocycles. The van der Waals surface area contributed by atoms with Crippen molar-refractivity contribution < 1.29 is 28.5 Å². The molecular formula is C11H19IN2. The van der Waals surface area contributed by atoms with E-state index in [0.29, 0.717) is 12.0 Å². The van der Waals surface area contributed by atoms with Gasteiger partial charge in [0.15, 0.2) is 0 Å². The molecule has 2 fully saturated rings. The van der Waals surface area contributed by atoms with Crippen molar-refractivity contribution in [2.75, 3.05) is 20.1 Å². The molecule has 0 amide bonds. The number of piperidine rings is 2. The van der Waals surface area contributed by atoms with E-state index in [1.165, 1.54) is 43.3 Å². The summed E-state index contributed by atoms with van der Waals surface area (Å²) in [5, 5.41) is 9.08. The highest BCUT2D eigenvalue weighted by atomic mass is 127. The number of hydrogen-bond acceptors (Lipinski definition) is 1. The van der Waals surface area contributed by atoms with Gasteiger partial charge in [-0.25, -0.2) is 0 Å². The standard InChI is InChI=1S/C11H19N2.HI/c1-13-7-3-2-6-11(13)10(9-12)5-4-8-13;/h10-11H,2-8H2,1H3;1H/q+1;/p-1. The first-order valence-corrected chi connectivity index (χ1v) is 5.50. The highest BCUT2D eigenvalue weighted by Crippen LogP contribution is 2.35. The predicted octanol–water partition coefficient (Wildman–Crippen LogP) is -1.08. The number of fused-ring (bicyclic) bond motifs is 1. The summed E-state index contributed by atoms with van der Waals surface area (Å²) >= 11 is 0. The van der Waals surface area contributed by atoms with E-state index < -0.39 is 0 Å². The lowest BCUT2D eigenvalue weighted by atomic mass is 9.82. The maximum atomic E-state index is 9.08. The van der Waals surface area contributed by atoms with Crippen LogP contribution in [0.25, 0.3) is 0 Å². The average molecular weight is 306 g/mol. The first kappa shape index (κ1) is 12.3. The third-order valence-electron chi connectivity index (χ3n) is 4.03. The van der Waals surface area contributed by atoms with Gasteiger partial charge in [0.2, 0.25) is 0 Å². The van der Waals surface area contributed by atoms with Gasteiger partial charge in [0.05, 0.1) is 32.1 Å². The third kappa shape index (κ3) is 2.06. The Labute approximate surface area is 104 Å². The maximum absolute atomic E-state index is 9.08. The topological polar surface area (TPSA) is 23.8 Å². The molecular weight excluding hydrogens is 287 g/mol. The van der Waals surface area contributed by atoms with E-state index in [4.69, 9.17) is 5.26 Å². The molecule has 2 aliphatic rings. The molecule has 2 nitrogen and oxygen atoms in total. The fourth-order valence-corrected chi connectivity index (χ4v) is 3.23. The average Bonchev–Trinajstić information content (AvgIpc) is 2.15. The minimum Gasteiger partial charge on any atom is -1.00 e. The monoisotopic (exact) mass is 306 g/mol. The Kier molecular flexibility index (Phi) is 4.20. The lowest BCUT2D eigenvalue weighted by Crippen LogP contribution is -3.00. The van der Waals surface area contributed by atoms with Crippen LogP contribution in [0.2, 0.25) is 0 Å². The van der Waals surface area contributed by atoms with Gasteiger partial charge in [-0.05, 0) is 25.7 Å². The van der Waals surface area contributed by atoms with Crippen molar-refractivity contribution in [2.24, 2.45) is 5.92 Å². The number of halogens is 1. The third-order valence-corrected chi connectivity index (χ3v) is 4.03. The molecule has 3 atom stereocenters. The molecule has 0 saturated carbocycles. The van der Waals surface area contributed by atoms with Crippen LogP contribution in [0.1, 0.15) is 32.1 Å². The smallest absolute Gasteiger partial charge is 0.105 e. The van der Waals surface area contributed by atoms with Gasteiger partial charge in [0, 0.05) is 6.42 Å². The van der Waals surface area contributed by atoms with Crippen LogP contribution in [-0.4, -0.2) is 30.7 Å². The van der Waals surface area contributed by atoms with E-state index >= 15 is 0 Å². The lowest BCUT2D eigenvalue weighted by molar-refractivity contribution is -0.945. The summed E-state index contributed by atoms with van der Waals surface area (Å²) in [5.41, 5.74) is 0. The van der Waals surface area contributed by atoms with E-state index in [9.17, 15) is 0 Å². The van der Waals surface area contributed by atoms with Crippen LogP contribution in [0.4, 0.5) is 0 Å². The zero-order chi connectivity index (χ0) is 9.31. The summed E-state index contributed by atoms with van der Waals surface area (Å²) in [4.78, 5) is 0. The summed E-state index contributed by atoms with van der Waals surface area (Å²) in [5.74, 6) is 0.346. The van der Waals surface area contributed by atoms with Gasteiger partial charge in [-0.2, -0.15) is 5.26 Å². The predicted molar refractivity (Wildman–Crippen MR) is 51.9 cm³/mol. The molecule has 0 radical (unpaired) electrons. The summed E-state index contributed by atoms with van der Waals surface area (Å²) < 4.78 is 1.19. The molecule has 80 valence electrons. The van der Waals surface area contributed by atoms with Gasteiger partial charge >= 0.3 is 0 Å². The number of quaternary nitrogens is 1. The number of hydrogen-bond donors (Lipinski definition) is 0. The molecule has 0 aromatic rings. The van der Waals surface area contributed by atoms with Crippen molar-refractivity contribution in [3.63, 3.8) is 0 Å². The van der Waals surface area contributed by atoms with Crippen molar-refractivity contribution in [1.82, 2.24) is 0 Å². The second-order valence-corrected chi connectivity index (χ2v) is 4.87. The molecule has 0 aromatic carbocycles. The van der Waals surface area contributed by atoms with Crippen LogP contribution in [-0.2, 0) is 0 Å². The Hall–Kier alpha value is 0.180. The fourth-order valence-electron chi connectivity index (χ4n) is 3.23. The molecule has 0 aromatic heterocycles. The van der Waals surface area contributed by atoms with E-state index in [0.717, 1.165) is 6.42 Å². The molecule has 0 bridgehead atoms. The molecule has 2 rings (SSSR count). The van der Waals surface area contributed by atoms with E-state index in [1.807, 2.05) is 0 Å². The maximum Gasteiger partial charge on any atom is 0.105 e. The summed E-state index contributed by atoms with van der Waals surface area (Å²) in [6, 6.07) is 3.17. The van der Waals surface area contributed by atoms with Gasteiger partial charge in [0.1, 0.15) is 6.04 Å². The second-order valence-electron chi connectivity index (χ2n) is 4.87. The minimum absolute atomic E-state index is 0. The minimum atomic E-state index is 0. The largest absolute Gasteiger partial charge is 1.00 e. The molecule has 14 heavy (non-hydrogen) atoms. The van der Waals surface area contributed by atoms with Crippen molar-refractivity contribution in [3.8, 4) is 6.07 Å². The quantitative estimate of drug-likeness (QED) is 0.413. The van der Waals surface area contributed by atoms with Gasteiger partial charge in [-0.1, -0.05) is 0 Å². The van der Waals surface area contributed by atoms with Gasteiger partial charge in [0.25, 0.3) is 0 Å². The number of nitrogens with zero attached hydrogens (tertiary/aromatic N) is 2. The van der Waals surface area contributed by atoms with Crippen molar-refractivity contribution in [2.45, 2.75) is 38.1 Å². The van der Waals surface area contributed by atoms with Crippen LogP contribution in [0.5, 0.6) is 0 Å². The summed E-state index contributed by atoms with van der Waals surface area (Å²) in [7, 11) is 2.35. The van der Waals surface area contributed by atoms with Gasteiger partial charge < -0.3 is 28.5 Å². The molecule has 0 aliphatic carbocycles. The Morgan fingerprint density at radius 3 is 2.57 bits per heavy atom. The van der Waals surface area contributed by atoms with E-state index in [-0.39, 0.29) is 24.0 Å². The van der Waals surface area contributed by atoms with Crippen molar-refractivity contribution >= 4 is 0 Å². The zero-order valence-corrected chi connectivity index (χ0v) is 11.0. The zero-order valence-electron chi connectivity index (χ0n) is 8.88. The Balaban J connectivity index is 0.000000980. The Bertz CT molecular complexity index is 232. The first-order valence-electron chi connectivity index (χ1n) is 5.50. The van der Waals surface area contributed by atoms with E-state index in [2.05, 4.69) is 13.1 Å². The summed E-state index contributed by atoms with van der Waals surface area (Å²) in [6.45, 7) is 2.62. The van der Waals surface area contributed by atoms with Crippen LogP contribution in [0.15, 0.2) is 0 Å². The first-order chi connectivity index (χ1) is 6.26. The van der Waals surface area contributed by atoms with Crippen LogP contribution >= 0.6 is 0 Å².